The van der Waals surface area contributed by atoms with Gasteiger partial charge in [0.05, 0.1) is 19.4 Å². The van der Waals surface area contributed by atoms with Crippen LogP contribution in [0.15, 0.2) is 53.1 Å². The molecule has 1 aromatic carbocycles. The average Bonchev–Trinajstić information content (AvgIpc) is 3.50. The van der Waals surface area contributed by atoms with Gasteiger partial charge < -0.3 is 14.5 Å². The van der Waals surface area contributed by atoms with E-state index in [0.29, 0.717) is 23.7 Å². The van der Waals surface area contributed by atoms with Gasteiger partial charge in [-0.1, -0.05) is 12.1 Å². The van der Waals surface area contributed by atoms with E-state index in [2.05, 4.69) is 32.5 Å². The number of carbonyl (C=O) groups is 1. The van der Waals surface area contributed by atoms with Gasteiger partial charge in [0.1, 0.15) is 11.4 Å². The second-order valence-corrected chi connectivity index (χ2v) is 6.89. The third kappa shape index (κ3) is 3.94. The third-order valence-electron chi connectivity index (χ3n) is 5.14. The average molecular weight is 380 g/mol. The summed E-state index contributed by atoms with van der Waals surface area (Å²) < 4.78 is 10.6. The molecule has 0 bridgehead atoms. The molecule has 28 heavy (non-hydrogen) atoms. The number of hydrogen-bond acceptors (Lipinski definition) is 5. The van der Waals surface area contributed by atoms with Crippen molar-refractivity contribution in [2.45, 2.75) is 18.9 Å². The number of nitrogens with one attached hydrogen (secondary N) is 2. The SMILES string of the molecule is COc1ccc(C(CNC(=O)c2cc(-c3ccco3)[nH]n2)N2CCCC2)cc1. The summed E-state index contributed by atoms with van der Waals surface area (Å²) in [5.41, 5.74) is 2.20. The van der Waals surface area contributed by atoms with Gasteiger partial charge in [-0.3, -0.25) is 14.8 Å². The van der Waals surface area contributed by atoms with Gasteiger partial charge in [-0.05, 0) is 55.8 Å². The van der Waals surface area contributed by atoms with Crippen LogP contribution >= 0.6 is 0 Å². The highest BCUT2D eigenvalue weighted by Gasteiger charge is 2.24. The zero-order valence-electron chi connectivity index (χ0n) is 15.9. The molecule has 0 saturated carbocycles. The summed E-state index contributed by atoms with van der Waals surface area (Å²) in [6.45, 7) is 2.60. The van der Waals surface area contributed by atoms with Crippen LogP contribution < -0.4 is 10.1 Å². The number of benzene rings is 1. The van der Waals surface area contributed by atoms with E-state index < -0.39 is 0 Å². The molecule has 2 aromatic heterocycles. The Balaban J connectivity index is 1.45. The van der Waals surface area contributed by atoms with E-state index in [-0.39, 0.29) is 11.9 Å². The number of carbonyl (C=O) groups excluding carboxylic acids is 1. The van der Waals surface area contributed by atoms with Crippen molar-refractivity contribution >= 4 is 5.91 Å². The number of likely N-dealkylation sites (tertiary alicyclic amines) is 1. The molecule has 1 amide bonds. The van der Waals surface area contributed by atoms with Crippen molar-refractivity contribution in [3.05, 3.63) is 60.0 Å². The summed E-state index contributed by atoms with van der Waals surface area (Å²) in [6.07, 6.45) is 3.96. The zero-order chi connectivity index (χ0) is 19.3. The van der Waals surface area contributed by atoms with Crippen molar-refractivity contribution in [3.8, 4) is 17.2 Å². The number of aromatic amines is 1. The first kappa shape index (κ1) is 18.3. The maximum atomic E-state index is 12.6. The fraction of sp³-hybridized carbons (Fsp3) is 0.333. The number of aromatic nitrogens is 2. The molecular weight excluding hydrogens is 356 g/mol. The molecule has 0 spiro atoms. The summed E-state index contributed by atoms with van der Waals surface area (Å²) in [5.74, 6) is 1.28. The molecular formula is C21H24N4O3. The molecule has 1 unspecified atom stereocenters. The summed E-state index contributed by atoms with van der Waals surface area (Å²) in [6, 6.07) is 13.5. The van der Waals surface area contributed by atoms with Gasteiger partial charge in [-0.2, -0.15) is 5.10 Å². The molecule has 0 radical (unpaired) electrons. The molecule has 3 aromatic rings. The Morgan fingerprint density at radius 2 is 2.07 bits per heavy atom. The largest absolute Gasteiger partial charge is 0.497 e. The Hall–Kier alpha value is -3.06. The third-order valence-corrected chi connectivity index (χ3v) is 5.14. The predicted molar refractivity (Wildman–Crippen MR) is 105 cm³/mol. The van der Waals surface area contributed by atoms with Crippen LogP contribution in [0.2, 0.25) is 0 Å². The minimum Gasteiger partial charge on any atom is -0.497 e. The fourth-order valence-corrected chi connectivity index (χ4v) is 3.61. The number of rotatable bonds is 7. The minimum atomic E-state index is -0.202. The van der Waals surface area contributed by atoms with Crippen LogP contribution in [0.1, 0.15) is 34.9 Å². The van der Waals surface area contributed by atoms with E-state index in [9.17, 15) is 4.79 Å². The lowest BCUT2D eigenvalue weighted by atomic mass is 10.1. The van der Waals surface area contributed by atoms with E-state index >= 15 is 0 Å². The lowest BCUT2D eigenvalue weighted by Gasteiger charge is -2.28. The topological polar surface area (TPSA) is 83.4 Å². The molecule has 4 rings (SSSR count). The maximum absolute atomic E-state index is 12.6. The molecule has 0 aliphatic carbocycles. The quantitative estimate of drug-likeness (QED) is 0.657. The number of methoxy groups -OCH3 is 1. The monoisotopic (exact) mass is 380 g/mol. The van der Waals surface area contributed by atoms with Gasteiger partial charge in [-0.25, -0.2) is 0 Å². The highest BCUT2D eigenvalue weighted by molar-refractivity contribution is 5.93. The Bertz CT molecular complexity index is 896. The highest BCUT2D eigenvalue weighted by atomic mass is 16.5. The Labute approximate surface area is 163 Å². The number of hydrogen-bond donors (Lipinski definition) is 2. The lowest BCUT2D eigenvalue weighted by molar-refractivity contribution is 0.0933. The number of amides is 1. The normalized spacial score (nSPS) is 15.5. The van der Waals surface area contributed by atoms with E-state index in [4.69, 9.17) is 9.15 Å². The van der Waals surface area contributed by atoms with Crippen molar-refractivity contribution < 1.29 is 13.9 Å². The van der Waals surface area contributed by atoms with Gasteiger partial charge in [-0.15, -0.1) is 0 Å². The van der Waals surface area contributed by atoms with E-state index in [1.807, 2.05) is 18.2 Å². The van der Waals surface area contributed by atoms with Gasteiger partial charge in [0, 0.05) is 12.6 Å². The first-order chi connectivity index (χ1) is 13.7. The minimum absolute atomic E-state index is 0.126. The van der Waals surface area contributed by atoms with Crippen LogP contribution in [0.25, 0.3) is 11.5 Å². The first-order valence-corrected chi connectivity index (χ1v) is 9.50. The van der Waals surface area contributed by atoms with Gasteiger partial charge in [0.15, 0.2) is 11.5 Å². The van der Waals surface area contributed by atoms with Crippen LogP contribution in [-0.2, 0) is 0 Å². The number of nitrogens with zero attached hydrogens (tertiary/aromatic N) is 2. The molecule has 7 nitrogen and oxygen atoms in total. The highest BCUT2D eigenvalue weighted by Crippen LogP contribution is 2.26. The first-order valence-electron chi connectivity index (χ1n) is 9.50. The summed E-state index contributed by atoms with van der Waals surface area (Å²) >= 11 is 0. The zero-order valence-corrected chi connectivity index (χ0v) is 15.9. The van der Waals surface area contributed by atoms with Crippen molar-refractivity contribution in [3.63, 3.8) is 0 Å². The molecule has 1 aliphatic heterocycles. The number of ether oxygens (including phenoxy) is 1. The predicted octanol–water partition coefficient (Wildman–Crippen LogP) is 3.25. The summed E-state index contributed by atoms with van der Waals surface area (Å²) in [4.78, 5) is 15.0. The van der Waals surface area contributed by atoms with Gasteiger partial charge >= 0.3 is 0 Å². The summed E-state index contributed by atoms with van der Waals surface area (Å²) in [5, 5.41) is 10.00. The van der Waals surface area contributed by atoms with Gasteiger partial charge in [0.2, 0.25) is 0 Å². The molecule has 146 valence electrons. The number of furan rings is 1. The molecule has 1 fully saturated rings. The number of H-pyrrole nitrogens is 1. The van der Waals surface area contributed by atoms with Crippen LogP contribution in [0.3, 0.4) is 0 Å². The van der Waals surface area contributed by atoms with Crippen LogP contribution in [-0.4, -0.2) is 47.7 Å². The molecule has 7 heteroatoms. The lowest BCUT2D eigenvalue weighted by Crippen LogP contribution is -2.36. The van der Waals surface area contributed by atoms with Crippen molar-refractivity contribution in [1.29, 1.82) is 0 Å². The van der Waals surface area contributed by atoms with E-state index in [0.717, 1.165) is 18.8 Å². The maximum Gasteiger partial charge on any atom is 0.271 e. The Kier molecular flexibility index (Phi) is 5.43. The molecule has 2 N–H and O–H groups in total. The fourth-order valence-electron chi connectivity index (χ4n) is 3.61. The molecule has 3 heterocycles. The second kappa shape index (κ2) is 8.31. The molecule has 1 saturated heterocycles. The van der Waals surface area contributed by atoms with Crippen molar-refractivity contribution in [2.24, 2.45) is 0 Å². The Morgan fingerprint density at radius 1 is 1.29 bits per heavy atom. The van der Waals surface area contributed by atoms with E-state index in [1.165, 1.54) is 18.4 Å². The van der Waals surface area contributed by atoms with E-state index in [1.54, 1.807) is 25.5 Å². The Morgan fingerprint density at radius 3 is 2.75 bits per heavy atom. The summed E-state index contributed by atoms with van der Waals surface area (Å²) in [7, 11) is 1.66. The standard InChI is InChI=1S/C21H24N4O3/c1-27-16-8-6-15(7-9-16)19(25-10-2-3-11-25)14-22-21(26)18-13-17(23-24-18)20-5-4-12-28-20/h4-9,12-13,19H,2-3,10-11,14H2,1H3,(H,22,26)(H,23,24). The molecule has 1 atom stereocenters. The van der Waals surface area contributed by atoms with Gasteiger partial charge in [0.25, 0.3) is 5.91 Å². The van der Waals surface area contributed by atoms with Crippen molar-refractivity contribution in [1.82, 2.24) is 20.4 Å². The van der Waals surface area contributed by atoms with Crippen LogP contribution in [0, 0.1) is 0 Å². The van der Waals surface area contributed by atoms with Crippen LogP contribution in [0.5, 0.6) is 5.75 Å². The smallest absolute Gasteiger partial charge is 0.271 e. The van der Waals surface area contributed by atoms with Crippen molar-refractivity contribution in [2.75, 3.05) is 26.7 Å². The molecule has 1 aliphatic rings. The second-order valence-electron chi connectivity index (χ2n) is 6.89. The van der Waals surface area contributed by atoms with Crippen LogP contribution in [0.4, 0.5) is 0 Å².